The van der Waals surface area contributed by atoms with Crippen LogP contribution < -0.4 is 4.74 Å². The van der Waals surface area contributed by atoms with E-state index in [9.17, 15) is 4.79 Å². The number of hydrogen-bond acceptors (Lipinski definition) is 3. The van der Waals surface area contributed by atoms with Gasteiger partial charge in [0.15, 0.2) is 0 Å². The van der Waals surface area contributed by atoms with Crippen molar-refractivity contribution in [3.63, 3.8) is 0 Å². The number of benzene rings is 1. The van der Waals surface area contributed by atoms with Crippen LogP contribution in [-0.2, 0) is 0 Å². The molecule has 1 atom stereocenters. The van der Waals surface area contributed by atoms with E-state index in [1.54, 1.807) is 5.38 Å². The van der Waals surface area contributed by atoms with Crippen molar-refractivity contribution in [2.24, 2.45) is 0 Å². The van der Waals surface area contributed by atoms with Gasteiger partial charge < -0.3 is 9.84 Å². The van der Waals surface area contributed by atoms with Crippen LogP contribution in [-0.4, -0.2) is 11.1 Å². The number of carboxylic acids is 1. The Balaban J connectivity index is 2.08. The molecule has 0 saturated carbocycles. The van der Waals surface area contributed by atoms with Gasteiger partial charge >= 0.3 is 5.97 Å². The first-order valence-electron chi connectivity index (χ1n) is 6.19. The smallest absolute Gasteiger partial charge is 0.346 e. The lowest BCUT2D eigenvalue weighted by Gasteiger charge is -2.09. The van der Waals surface area contributed by atoms with Crippen LogP contribution in [0.15, 0.2) is 35.7 Å². The van der Waals surface area contributed by atoms with E-state index in [1.807, 2.05) is 24.3 Å². The highest BCUT2D eigenvalue weighted by Gasteiger charge is 2.08. The minimum absolute atomic E-state index is 0.284. The Labute approximate surface area is 116 Å². The van der Waals surface area contributed by atoms with E-state index in [4.69, 9.17) is 9.84 Å². The molecular weight excluding hydrogens is 260 g/mol. The molecule has 100 valence electrons. The normalized spacial score (nSPS) is 12.1. The third-order valence-corrected chi connectivity index (χ3v) is 3.98. The van der Waals surface area contributed by atoms with Gasteiger partial charge in [-0.25, -0.2) is 4.79 Å². The van der Waals surface area contributed by atoms with Crippen molar-refractivity contribution >= 4 is 17.3 Å². The molecule has 3 nitrogen and oxygen atoms in total. The standard InChI is InChI=1S/C15H16O3S/c1-3-10(2)11-4-6-12(7-5-11)18-13-8-14(15(16)17)19-9-13/h4-10H,3H2,1-2H3,(H,16,17). The first kappa shape index (κ1) is 13.6. The molecule has 0 aliphatic rings. The van der Waals surface area contributed by atoms with Crippen molar-refractivity contribution in [1.82, 2.24) is 0 Å². The molecule has 1 N–H and O–H groups in total. The van der Waals surface area contributed by atoms with E-state index in [1.165, 1.54) is 11.6 Å². The molecule has 2 aromatic rings. The molecule has 0 radical (unpaired) electrons. The molecule has 0 fully saturated rings. The highest BCUT2D eigenvalue weighted by atomic mass is 32.1. The average Bonchev–Trinajstić information content (AvgIpc) is 2.87. The number of aromatic carboxylic acids is 1. The first-order chi connectivity index (χ1) is 9.10. The maximum atomic E-state index is 10.8. The van der Waals surface area contributed by atoms with E-state index in [-0.39, 0.29) is 4.88 Å². The molecule has 1 unspecified atom stereocenters. The van der Waals surface area contributed by atoms with Gasteiger partial charge in [0.25, 0.3) is 0 Å². The van der Waals surface area contributed by atoms with Gasteiger partial charge in [0, 0.05) is 11.4 Å². The van der Waals surface area contributed by atoms with Gasteiger partial charge in [-0.3, -0.25) is 0 Å². The number of carbonyl (C=O) groups is 1. The molecule has 0 bridgehead atoms. The van der Waals surface area contributed by atoms with Gasteiger partial charge in [-0.1, -0.05) is 26.0 Å². The summed E-state index contributed by atoms with van der Waals surface area (Å²) in [5.41, 5.74) is 1.28. The van der Waals surface area contributed by atoms with Gasteiger partial charge in [-0.05, 0) is 30.0 Å². The lowest BCUT2D eigenvalue weighted by Crippen LogP contribution is -1.91. The van der Waals surface area contributed by atoms with Crippen molar-refractivity contribution in [2.75, 3.05) is 0 Å². The van der Waals surface area contributed by atoms with Crippen LogP contribution in [0.1, 0.15) is 41.4 Å². The number of hydrogen-bond donors (Lipinski definition) is 1. The number of ether oxygens (including phenoxy) is 1. The van der Waals surface area contributed by atoms with Crippen LogP contribution in [0.2, 0.25) is 0 Å². The Morgan fingerprint density at radius 2 is 2.00 bits per heavy atom. The summed E-state index contributed by atoms with van der Waals surface area (Å²) in [5, 5.41) is 10.5. The van der Waals surface area contributed by atoms with Gasteiger partial charge in [0.05, 0.1) is 0 Å². The third kappa shape index (κ3) is 3.35. The molecule has 0 saturated heterocycles. The second-order valence-corrected chi connectivity index (χ2v) is 5.34. The molecule has 4 heteroatoms. The van der Waals surface area contributed by atoms with E-state index in [2.05, 4.69) is 13.8 Å². The van der Waals surface area contributed by atoms with Crippen molar-refractivity contribution in [3.05, 3.63) is 46.2 Å². The number of rotatable bonds is 5. The zero-order chi connectivity index (χ0) is 13.8. The summed E-state index contributed by atoms with van der Waals surface area (Å²) in [5.74, 6) is 0.904. The fraction of sp³-hybridized carbons (Fsp3) is 0.267. The minimum atomic E-state index is -0.924. The molecule has 1 aromatic heterocycles. The summed E-state index contributed by atoms with van der Waals surface area (Å²) in [6, 6.07) is 9.47. The lowest BCUT2D eigenvalue weighted by molar-refractivity contribution is 0.0702. The van der Waals surface area contributed by atoms with Gasteiger partial charge in [-0.15, -0.1) is 11.3 Å². The van der Waals surface area contributed by atoms with Crippen molar-refractivity contribution in [2.45, 2.75) is 26.2 Å². The molecule has 2 rings (SSSR count). The predicted molar refractivity (Wildman–Crippen MR) is 76.5 cm³/mol. The second kappa shape index (κ2) is 5.89. The van der Waals surface area contributed by atoms with Crippen LogP contribution in [0.4, 0.5) is 0 Å². The summed E-state index contributed by atoms with van der Waals surface area (Å²) < 4.78 is 5.62. The predicted octanol–water partition coefficient (Wildman–Crippen LogP) is 4.75. The van der Waals surface area contributed by atoms with Gasteiger partial charge in [0.2, 0.25) is 0 Å². The van der Waals surface area contributed by atoms with Crippen molar-refractivity contribution in [1.29, 1.82) is 0 Å². The monoisotopic (exact) mass is 276 g/mol. The molecule has 0 spiro atoms. The summed E-state index contributed by atoms with van der Waals surface area (Å²) in [6.07, 6.45) is 1.10. The zero-order valence-electron chi connectivity index (χ0n) is 10.9. The van der Waals surface area contributed by atoms with Gasteiger partial charge in [0.1, 0.15) is 16.4 Å². The van der Waals surface area contributed by atoms with Crippen LogP contribution in [0.5, 0.6) is 11.5 Å². The Hall–Kier alpha value is -1.81. The lowest BCUT2D eigenvalue weighted by atomic mass is 9.99. The Bertz CT molecular complexity index is 557. The zero-order valence-corrected chi connectivity index (χ0v) is 11.7. The Kier molecular flexibility index (Phi) is 4.22. The minimum Gasteiger partial charge on any atom is -0.477 e. The highest BCUT2D eigenvalue weighted by molar-refractivity contribution is 7.12. The molecule has 1 aromatic carbocycles. The Morgan fingerprint density at radius 3 is 2.53 bits per heavy atom. The van der Waals surface area contributed by atoms with Gasteiger partial charge in [-0.2, -0.15) is 0 Å². The summed E-state index contributed by atoms with van der Waals surface area (Å²) in [6.45, 7) is 4.35. The third-order valence-electron chi connectivity index (χ3n) is 3.08. The highest BCUT2D eigenvalue weighted by Crippen LogP contribution is 2.28. The number of carboxylic acid groups (broad SMARTS) is 1. The Morgan fingerprint density at radius 1 is 1.32 bits per heavy atom. The summed E-state index contributed by atoms with van der Waals surface area (Å²) in [4.78, 5) is 11.1. The van der Waals surface area contributed by atoms with Crippen molar-refractivity contribution < 1.29 is 14.6 Å². The molecule has 0 amide bonds. The van der Waals surface area contributed by atoms with E-state index >= 15 is 0 Å². The first-order valence-corrected chi connectivity index (χ1v) is 7.07. The van der Waals surface area contributed by atoms with E-state index in [0.29, 0.717) is 11.7 Å². The average molecular weight is 276 g/mol. The topological polar surface area (TPSA) is 46.5 Å². The fourth-order valence-corrected chi connectivity index (χ4v) is 2.36. The molecule has 19 heavy (non-hydrogen) atoms. The maximum Gasteiger partial charge on any atom is 0.346 e. The van der Waals surface area contributed by atoms with E-state index in [0.717, 1.165) is 23.5 Å². The van der Waals surface area contributed by atoms with E-state index < -0.39 is 5.97 Å². The maximum absolute atomic E-state index is 10.8. The number of thiophene rings is 1. The fourth-order valence-electron chi connectivity index (χ4n) is 1.72. The molecule has 0 aliphatic heterocycles. The van der Waals surface area contributed by atoms with Crippen LogP contribution >= 0.6 is 11.3 Å². The summed E-state index contributed by atoms with van der Waals surface area (Å²) >= 11 is 1.16. The summed E-state index contributed by atoms with van der Waals surface area (Å²) in [7, 11) is 0. The largest absolute Gasteiger partial charge is 0.477 e. The molecule has 0 aliphatic carbocycles. The van der Waals surface area contributed by atoms with Crippen LogP contribution in [0.3, 0.4) is 0 Å². The molecule has 1 heterocycles. The van der Waals surface area contributed by atoms with Crippen LogP contribution in [0, 0.1) is 0 Å². The van der Waals surface area contributed by atoms with Crippen LogP contribution in [0.25, 0.3) is 0 Å². The quantitative estimate of drug-likeness (QED) is 0.857. The van der Waals surface area contributed by atoms with Crippen molar-refractivity contribution in [3.8, 4) is 11.5 Å². The second-order valence-electron chi connectivity index (χ2n) is 4.43. The molecular formula is C15H16O3S. The SMILES string of the molecule is CCC(C)c1ccc(Oc2csc(C(=O)O)c2)cc1.